The SMILES string of the molecule is COc1cc(F)ccc1Cc1cc(-c2ccccc2)c2cc(Cc3ccccc3)ccc2n1.NN. The van der Waals surface area contributed by atoms with Crippen LogP contribution in [0.4, 0.5) is 4.39 Å². The zero-order valence-corrected chi connectivity index (χ0v) is 19.6. The second-order valence-electron chi connectivity index (χ2n) is 8.17. The Bertz CT molecular complexity index is 1410. The Morgan fingerprint density at radius 2 is 1.46 bits per heavy atom. The second kappa shape index (κ2) is 11.4. The minimum atomic E-state index is -0.307. The van der Waals surface area contributed by atoms with Crippen molar-refractivity contribution in [2.24, 2.45) is 11.7 Å². The van der Waals surface area contributed by atoms with Crippen LogP contribution in [0.5, 0.6) is 5.75 Å². The summed E-state index contributed by atoms with van der Waals surface area (Å²) >= 11 is 0. The summed E-state index contributed by atoms with van der Waals surface area (Å²) in [6.07, 6.45) is 1.44. The van der Waals surface area contributed by atoms with Crippen molar-refractivity contribution in [3.05, 3.63) is 131 Å². The third kappa shape index (κ3) is 5.72. The third-order valence-corrected chi connectivity index (χ3v) is 5.88. The normalized spacial score (nSPS) is 10.5. The molecule has 0 unspecified atom stereocenters. The molecule has 0 aliphatic carbocycles. The van der Waals surface area contributed by atoms with Crippen LogP contribution in [0.1, 0.15) is 22.4 Å². The van der Waals surface area contributed by atoms with Crippen molar-refractivity contribution in [3.63, 3.8) is 0 Å². The Hall–Kier alpha value is -4.06. The van der Waals surface area contributed by atoms with E-state index < -0.39 is 0 Å². The number of hydrogen-bond donors (Lipinski definition) is 2. The van der Waals surface area contributed by atoms with Gasteiger partial charge in [-0.2, -0.15) is 0 Å². The lowest BCUT2D eigenvalue weighted by Gasteiger charge is -2.13. The van der Waals surface area contributed by atoms with Crippen molar-refractivity contribution < 1.29 is 9.13 Å². The number of hydrazine groups is 1. The van der Waals surface area contributed by atoms with Gasteiger partial charge in [0.05, 0.1) is 12.6 Å². The van der Waals surface area contributed by atoms with Crippen molar-refractivity contribution >= 4 is 10.9 Å². The Morgan fingerprint density at radius 1 is 0.743 bits per heavy atom. The van der Waals surface area contributed by atoms with Gasteiger partial charge in [-0.1, -0.05) is 72.8 Å². The smallest absolute Gasteiger partial charge is 0.126 e. The van der Waals surface area contributed by atoms with Gasteiger partial charge in [-0.25, -0.2) is 4.39 Å². The lowest BCUT2D eigenvalue weighted by Crippen LogP contribution is -2.02. The Morgan fingerprint density at radius 3 is 2.17 bits per heavy atom. The van der Waals surface area contributed by atoms with Crippen molar-refractivity contribution in [2.45, 2.75) is 12.8 Å². The highest BCUT2D eigenvalue weighted by molar-refractivity contribution is 5.95. The van der Waals surface area contributed by atoms with E-state index in [1.807, 2.05) is 12.1 Å². The molecule has 0 aliphatic heterocycles. The zero-order chi connectivity index (χ0) is 24.6. The van der Waals surface area contributed by atoms with E-state index >= 15 is 0 Å². The van der Waals surface area contributed by atoms with Gasteiger partial charge in [-0.05, 0) is 52.9 Å². The summed E-state index contributed by atoms with van der Waals surface area (Å²) in [6, 6.07) is 34.2. The van der Waals surface area contributed by atoms with Gasteiger partial charge in [0.15, 0.2) is 0 Å². The first-order chi connectivity index (χ1) is 17.2. The van der Waals surface area contributed by atoms with E-state index in [4.69, 9.17) is 9.72 Å². The van der Waals surface area contributed by atoms with E-state index in [9.17, 15) is 4.39 Å². The number of aromatic nitrogens is 1. The second-order valence-corrected chi connectivity index (χ2v) is 8.17. The van der Waals surface area contributed by atoms with Gasteiger partial charge in [0.1, 0.15) is 11.6 Å². The lowest BCUT2D eigenvalue weighted by atomic mass is 9.95. The molecule has 0 aliphatic rings. The molecule has 0 saturated carbocycles. The molecule has 1 aromatic heterocycles. The standard InChI is InChI=1S/C30H24FNO.H4N2/c1-33-30-19-25(31)14-13-24(30)18-26-20-27(23-10-6-3-7-11-23)28-17-22(12-15-29(28)32-26)16-21-8-4-2-5-9-21;1-2/h2-15,17,19-20H,16,18H2,1H3;1-2H2. The van der Waals surface area contributed by atoms with E-state index in [0.717, 1.165) is 39.7 Å². The third-order valence-electron chi connectivity index (χ3n) is 5.88. The van der Waals surface area contributed by atoms with Crippen LogP contribution in [0.25, 0.3) is 22.0 Å². The average molecular weight is 466 g/mol. The van der Waals surface area contributed by atoms with Crippen molar-refractivity contribution in [1.82, 2.24) is 4.98 Å². The number of fused-ring (bicyclic) bond motifs is 1. The Balaban J connectivity index is 0.00000141. The first kappa shape index (κ1) is 24.1. The number of rotatable bonds is 6. The summed E-state index contributed by atoms with van der Waals surface area (Å²) in [5.74, 6) is 8.23. The van der Waals surface area contributed by atoms with Crippen molar-refractivity contribution in [2.75, 3.05) is 7.11 Å². The van der Waals surface area contributed by atoms with Crippen LogP contribution in [-0.2, 0) is 12.8 Å². The predicted molar refractivity (Wildman–Crippen MR) is 141 cm³/mol. The molecule has 0 fully saturated rings. The molecule has 0 amide bonds. The summed E-state index contributed by atoms with van der Waals surface area (Å²) < 4.78 is 19.1. The van der Waals surface area contributed by atoms with Crippen LogP contribution >= 0.6 is 0 Å². The highest BCUT2D eigenvalue weighted by Gasteiger charge is 2.12. The monoisotopic (exact) mass is 465 g/mol. The molecule has 5 rings (SSSR count). The summed E-state index contributed by atoms with van der Waals surface area (Å²) in [6.45, 7) is 0. The van der Waals surface area contributed by atoms with Crippen LogP contribution < -0.4 is 16.4 Å². The fourth-order valence-corrected chi connectivity index (χ4v) is 4.28. The summed E-state index contributed by atoms with van der Waals surface area (Å²) in [5, 5.41) is 1.13. The maximum atomic E-state index is 13.7. The van der Waals surface area contributed by atoms with Gasteiger partial charge in [-0.3, -0.25) is 16.7 Å². The molecule has 0 atom stereocenters. The van der Waals surface area contributed by atoms with Crippen molar-refractivity contribution in [3.8, 4) is 16.9 Å². The Kier molecular flexibility index (Phi) is 7.83. The molecule has 5 aromatic rings. The molecular formula is C30H28FN3O. The van der Waals surface area contributed by atoms with Gasteiger partial charge < -0.3 is 4.74 Å². The van der Waals surface area contributed by atoms with E-state index in [2.05, 4.69) is 84.5 Å². The number of nitrogens with two attached hydrogens (primary N) is 2. The molecule has 4 nitrogen and oxygen atoms in total. The molecular weight excluding hydrogens is 437 g/mol. The highest BCUT2D eigenvalue weighted by Crippen LogP contribution is 2.31. The van der Waals surface area contributed by atoms with E-state index in [1.165, 1.54) is 23.3 Å². The molecule has 0 spiro atoms. The van der Waals surface area contributed by atoms with Crippen molar-refractivity contribution in [1.29, 1.82) is 0 Å². The fraction of sp³-hybridized carbons (Fsp3) is 0.100. The number of pyridine rings is 1. The molecule has 4 N–H and O–H groups in total. The van der Waals surface area contributed by atoms with Crippen LogP contribution in [0.15, 0.2) is 103 Å². The fourth-order valence-electron chi connectivity index (χ4n) is 4.28. The first-order valence-corrected chi connectivity index (χ1v) is 11.4. The number of hydrogen-bond acceptors (Lipinski definition) is 4. The van der Waals surface area contributed by atoms with Crippen LogP contribution in [0, 0.1) is 5.82 Å². The molecule has 0 radical (unpaired) electrons. The summed E-state index contributed by atoms with van der Waals surface area (Å²) in [7, 11) is 1.57. The molecule has 0 bridgehead atoms. The predicted octanol–water partition coefficient (Wildman–Crippen LogP) is 6.05. The van der Waals surface area contributed by atoms with Gasteiger partial charge in [-0.15, -0.1) is 0 Å². The van der Waals surface area contributed by atoms with Crippen LogP contribution in [0.2, 0.25) is 0 Å². The van der Waals surface area contributed by atoms with E-state index in [-0.39, 0.29) is 5.82 Å². The topological polar surface area (TPSA) is 74.2 Å². The minimum absolute atomic E-state index is 0.307. The molecule has 4 aromatic carbocycles. The number of nitrogens with zero attached hydrogens (tertiary/aromatic N) is 1. The lowest BCUT2D eigenvalue weighted by molar-refractivity contribution is 0.407. The minimum Gasteiger partial charge on any atom is -0.496 e. The molecule has 5 heteroatoms. The maximum Gasteiger partial charge on any atom is 0.126 e. The van der Waals surface area contributed by atoms with Gasteiger partial charge >= 0.3 is 0 Å². The first-order valence-electron chi connectivity index (χ1n) is 11.4. The Labute approximate surface area is 205 Å². The molecule has 0 saturated heterocycles. The molecule has 35 heavy (non-hydrogen) atoms. The molecule has 176 valence electrons. The maximum absolute atomic E-state index is 13.7. The number of methoxy groups -OCH3 is 1. The zero-order valence-electron chi connectivity index (χ0n) is 19.6. The van der Waals surface area contributed by atoms with E-state index in [0.29, 0.717) is 12.2 Å². The van der Waals surface area contributed by atoms with Crippen LogP contribution in [-0.4, -0.2) is 12.1 Å². The number of benzene rings is 4. The van der Waals surface area contributed by atoms with Gasteiger partial charge in [0, 0.05) is 29.1 Å². The number of halogens is 1. The summed E-state index contributed by atoms with van der Waals surface area (Å²) in [4.78, 5) is 4.95. The quantitative estimate of drug-likeness (QED) is 0.236. The van der Waals surface area contributed by atoms with Crippen LogP contribution in [0.3, 0.4) is 0 Å². The number of ether oxygens (including phenoxy) is 1. The largest absolute Gasteiger partial charge is 0.496 e. The summed E-state index contributed by atoms with van der Waals surface area (Å²) in [5.41, 5.74) is 7.60. The average Bonchev–Trinajstić information content (AvgIpc) is 2.91. The molecule has 1 heterocycles. The van der Waals surface area contributed by atoms with Gasteiger partial charge in [0.25, 0.3) is 0 Å². The highest BCUT2D eigenvalue weighted by atomic mass is 19.1. The van der Waals surface area contributed by atoms with Gasteiger partial charge in [0.2, 0.25) is 0 Å². The van der Waals surface area contributed by atoms with E-state index in [1.54, 1.807) is 13.2 Å².